The van der Waals surface area contributed by atoms with Gasteiger partial charge in [0.2, 0.25) is 10.0 Å². The van der Waals surface area contributed by atoms with E-state index >= 15 is 0 Å². The molecule has 8 heteroatoms. The molecule has 1 unspecified atom stereocenters. The molecule has 0 saturated carbocycles. The first-order valence-corrected chi connectivity index (χ1v) is 8.59. The topological polar surface area (TPSA) is 83.9 Å². The number of sulfonamides is 1. The molecule has 0 amide bonds. The van der Waals surface area contributed by atoms with Gasteiger partial charge in [-0.05, 0) is 30.2 Å². The number of thiophene rings is 1. The molecule has 2 rings (SSSR count). The molecule has 2 heterocycles. The second kappa shape index (κ2) is 6.21. The standard InChI is InChI=1S/C12H17NO5S2/c1-18-12(15)11-10(4-7-19-11)20(16,17)13-5-2-9(8-13)3-6-14/h4,7,9,14H,2-3,5-6,8H2,1H3. The number of aliphatic hydroxyl groups excluding tert-OH is 1. The molecule has 0 radical (unpaired) electrons. The highest BCUT2D eigenvalue weighted by Gasteiger charge is 2.35. The predicted molar refractivity (Wildman–Crippen MR) is 74.2 cm³/mol. The second-order valence-corrected chi connectivity index (χ2v) is 7.46. The molecule has 0 bridgehead atoms. The van der Waals surface area contributed by atoms with Crippen molar-refractivity contribution in [2.24, 2.45) is 5.92 Å². The zero-order chi connectivity index (χ0) is 14.8. The van der Waals surface area contributed by atoms with Crippen molar-refractivity contribution in [3.63, 3.8) is 0 Å². The minimum absolute atomic E-state index is 0.0130. The zero-order valence-corrected chi connectivity index (χ0v) is 12.7. The summed E-state index contributed by atoms with van der Waals surface area (Å²) < 4.78 is 31.1. The Balaban J connectivity index is 2.24. The van der Waals surface area contributed by atoms with Gasteiger partial charge in [0.15, 0.2) is 0 Å². The SMILES string of the molecule is COC(=O)c1sccc1S(=O)(=O)N1CCC(CCO)C1. The molecule has 6 nitrogen and oxygen atoms in total. The molecular formula is C12H17NO5S2. The third-order valence-electron chi connectivity index (χ3n) is 3.40. The molecule has 0 spiro atoms. The van der Waals surface area contributed by atoms with Crippen LogP contribution >= 0.6 is 11.3 Å². The van der Waals surface area contributed by atoms with Crippen LogP contribution in [0.5, 0.6) is 0 Å². The van der Waals surface area contributed by atoms with Gasteiger partial charge in [0.05, 0.1) is 7.11 Å². The number of aliphatic hydroxyl groups is 1. The van der Waals surface area contributed by atoms with Crippen LogP contribution < -0.4 is 0 Å². The Kier molecular flexibility index (Phi) is 4.79. The molecule has 1 atom stereocenters. The number of carbonyl (C=O) groups excluding carboxylic acids is 1. The van der Waals surface area contributed by atoms with Crippen LogP contribution in [0.15, 0.2) is 16.3 Å². The van der Waals surface area contributed by atoms with Gasteiger partial charge in [-0.3, -0.25) is 0 Å². The normalized spacial score (nSPS) is 20.2. The predicted octanol–water partition coefficient (Wildman–Crippen LogP) is 0.928. The lowest BCUT2D eigenvalue weighted by Crippen LogP contribution is -2.29. The number of methoxy groups -OCH3 is 1. The van der Waals surface area contributed by atoms with Crippen molar-refractivity contribution in [3.05, 3.63) is 16.3 Å². The number of carbonyl (C=O) groups is 1. The summed E-state index contributed by atoms with van der Waals surface area (Å²) >= 11 is 1.06. The molecule has 1 aromatic heterocycles. The van der Waals surface area contributed by atoms with E-state index in [0.29, 0.717) is 19.5 Å². The monoisotopic (exact) mass is 319 g/mol. The van der Waals surface area contributed by atoms with E-state index in [2.05, 4.69) is 4.74 Å². The largest absolute Gasteiger partial charge is 0.465 e. The van der Waals surface area contributed by atoms with Crippen molar-refractivity contribution < 1.29 is 23.1 Å². The molecular weight excluding hydrogens is 302 g/mol. The van der Waals surface area contributed by atoms with E-state index < -0.39 is 16.0 Å². The minimum Gasteiger partial charge on any atom is -0.465 e. The smallest absolute Gasteiger partial charge is 0.349 e. The maximum atomic E-state index is 12.5. The van der Waals surface area contributed by atoms with Gasteiger partial charge < -0.3 is 9.84 Å². The fourth-order valence-electron chi connectivity index (χ4n) is 2.31. The lowest BCUT2D eigenvalue weighted by Gasteiger charge is -2.16. The number of rotatable bonds is 5. The van der Waals surface area contributed by atoms with Crippen molar-refractivity contribution in [1.29, 1.82) is 0 Å². The van der Waals surface area contributed by atoms with E-state index in [0.717, 1.165) is 17.8 Å². The van der Waals surface area contributed by atoms with Gasteiger partial charge in [0, 0.05) is 19.7 Å². The van der Waals surface area contributed by atoms with E-state index in [9.17, 15) is 13.2 Å². The van der Waals surface area contributed by atoms with Gasteiger partial charge in [0.1, 0.15) is 9.77 Å². The lowest BCUT2D eigenvalue weighted by atomic mass is 10.1. The van der Waals surface area contributed by atoms with Gasteiger partial charge >= 0.3 is 5.97 Å². The summed E-state index contributed by atoms with van der Waals surface area (Å²) in [5.74, 6) is -0.459. The maximum Gasteiger partial charge on any atom is 0.349 e. The van der Waals surface area contributed by atoms with Crippen LogP contribution in [-0.4, -0.2) is 50.6 Å². The average molecular weight is 319 g/mol. The zero-order valence-electron chi connectivity index (χ0n) is 11.1. The molecule has 112 valence electrons. The van der Waals surface area contributed by atoms with Crippen molar-refractivity contribution in [2.75, 3.05) is 26.8 Å². The van der Waals surface area contributed by atoms with E-state index in [1.54, 1.807) is 5.38 Å². The van der Waals surface area contributed by atoms with Crippen molar-refractivity contribution in [2.45, 2.75) is 17.7 Å². The van der Waals surface area contributed by atoms with Crippen LogP contribution in [0.1, 0.15) is 22.5 Å². The van der Waals surface area contributed by atoms with Gasteiger partial charge in [-0.25, -0.2) is 13.2 Å². The van der Waals surface area contributed by atoms with Crippen molar-refractivity contribution >= 4 is 27.3 Å². The van der Waals surface area contributed by atoms with Gasteiger partial charge in [0.25, 0.3) is 0 Å². The van der Waals surface area contributed by atoms with Crippen LogP contribution in [0.25, 0.3) is 0 Å². The Labute approximate surface area is 122 Å². The summed E-state index contributed by atoms with van der Waals surface area (Å²) in [4.78, 5) is 11.7. The third kappa shape index (κ3) is 2.88. The summed E-state index contributed by atoms with van der Waals surface area (Å²) in [5, 5.41) is 10.5. The number of hydrogen-bond donors (Lipinski definition) is 1. The van der Waals surface area contributed by atoms with Crippen molar-refractivity contribution in [1.82, 2.24) is 4.31 Å². The minimum atomic E-state index is -3.67. The van der Waals surface area contributed by atoms with Crippen LogP contribution in [0.2, 0.25) is 0 Å². The summed E-state index contributed by atoms with van der Waals surface area (Å²) in [5.41, 5.74) is 0. The Bertz CT molecular complexity index is 580. The first kappa shape index (κ1) is 15.4. The summed E-state index contributed by atoms with van der Waals surface area (Å²) in [6.45, 7) is 0.868. The average Bonchev–Trinajstić information content (AvgIpc) is 3.07. The Morgan fingerprint density at radius 1 is 1.60 bits per heavy atom. The number of hydrogen-bond acceptors (Lipinski definition) is 6. The third-order valence-corrected chi connectivity index (χ3v) is 6.33. The van der Waals surface area contributed by atoms with Crippen LogP contribution in [0.4, 0.5) is 0 Å². The first-order chi connectivity index (χ1) is 9.50. The molecule has 1 aliphatic rings. The Morgan fingerprint density at radius 3 is 3.00 bits per heavy atom. The van der Waals surface area contributed by atoms with Gasteiger partial charge in [-0.2, -0.15) is 4.31 Å². The Hall–Kier alpha value is -0.960. The molecule has 1 aromatic rings. The number of nitrogens with zero attached hydrogens (tertiary/aromatic N) is 1. The summed E-state index contributed by atoms with van der Waals surface area (Å²) in [6.07, 6.45) is 1.33. The summed E-state index contributed by atoms with van der Waals surface area (Å²) in [6, 6.07) is 1.44. The molecule has 1 N–H and O–H groups in total. The van der Waals surface area contributed by atoms with Gasteiger partial charge in [-0.1, -0.05) is 0 Å². The molecule has 20 heavy (non-hydrogen) atoms. The quantitative estimate of drug-likeness (QED) is 0.816. The molecule has 1 fully saturated rings. The van der Waals surface area contributed by atoms with E-state index in [1.165, 1.54) is 17.5 Å². The number of ether oxygens (including phenoxy) is 1. The maximum absolute atomic E-state index is 12.5. The summed E-state index contributed by atoms with van der Waals surface area (Å²) in [7, 11) is -2.44. The highest BCUT2D eigenvalue weighted by atomic mass is 32.2. The fourth-order valence-corrected chi connectivity index (χ4v) is 5.15. The van der Waals surface area contributed by atoms with Crippen LogP contribution in [0, 0.1) is 5.92 Å². The first-order valence-electron chi connectivity index (χ1n) is 6.27. The van der Waals surface area contributed by atoms with E-state index in [4.69, 9.17) is 5.11 Å². The van der Waals surface area contributed by atoms with E-state index in [1.807, 2.05) is 0 Å². The highest BCUT2D eigenvalue weighted by molar-refractivity contribution is 7.89. The van der Waals surface area contributed by atoms with E-state index in [-0.39, 0.29) is 22.3 Å². The number of esters is 1. The molecule has 0 aliphatic carbocycles. The fraction of sp³-hybridized carbons (Fsp3) is 0.583. The molecule has 1 aliphatic heterocycles. The highest BCUT2D eigenvalue weighted by Crippen LogP contribution is 2.30. The van der Waals surface area contributed by atoms with Crippen LogP contribution in [-0.2, 0) is 14.8 Å². The van der Waals surface area contributed by atoms with Gasteiger partial charge in [-0.15, -0.1) is 11.3 Å². The Morgan fingerprint density at radius 2 is 2.35 bits per heavy atom. The second-order valence-electron chi connectivity index (χ2n) is 4.64. The lowest BCUT2D eigenvalue weighted by molar-refractivity contribution is 0.0602. The molecule has 0 aromatic carbocycles. The van der Waals surface area contributed by atoms with Crippen LogP contribution in [0.3, 0.4) is 0 Å². The van der Waals surface area contributed by atoms with Crippen molar-refractivity contribution in [3.8, 4) is 0 Å². The molecule has 1 saturated heterocycles.